The minimum Gasteiger partial charge on any atom is -0.374 e. The van der Waals surface area contributed by atoms with Crippen molar-refractivity contribution in [2.75, 3.05) is 18.5 Å². The largest absolute Gasteiger partial charge is 0.421 e. The summed E-state index contributed by atoms with van der Waals surface area (Å²) in [6.07, 6.45) is 6.80. The third kappa shape index (κ3) is 3.78. The van der Waals surface area contributed by atoms with Gasteiger partial charge in [-0.3, -0.25) is 0 Å². The molecule has 1 heterocycles. The lowest BCUT2D eigenvalue weighted by Crippen LogP contribution is -2.25. The van der Waals surface area contributed by atoms with Gasteiger partial charge < -0.3 is 4.90 Å². The van der Waals surface area contributed by atoms with Gasteiger partial charge in [0.25, 0.3) is 0 Å². The lowest BCUT2D eigenvalue weighted by atomic mass is 10.2. The number of hydrogen-bond donors (Lipinski definition) is 0. The Balaban J connectivity index is 2.07. The van der Waals surface area contributed by atoms with Crippen molar-refractivity contribution >= 4 is 17.3 Å². The number of nitrogens with zero attached hydrogens (tertiary/aromatic N) is 5. The molecule has 0 saturated carbocycles. The molecule has 0 saturated heterocycles. The average Bonchev–Trinajstić information content (AvgIpc) is 2.82. The van der Waals surface area contributed by atoms with E-state index in [4.69, 9.17) is 0 Å². The summed E-state index contributed by atoms with van der Waals surface area (Å²) in [7, 11) is 5.97. The first kappa shape index (κ1) is 15.0. The maximum absolute atomic E-state index is 4.28. The molecular formula is C16H22N5+. The lowest BCUT2D eigenvalue weighted by molar-refractivity contribution is -0.657. The first-order chi connectivity index (χ1) is 10.1. The second-order valence-corrected chi connectivity index (χ2v) is 5.04. The predicted octanol–water partition coefficient (Wildman–Crippen LogP) is 3.28. The number of anilines is 1. The molecule has 0 fully saturated rings. The Morgan fingerprint density at radius 1 is 1.29 bits per heavy atom. The van der Waals surface area contributed by atoms with Gasteiger partial charge in [-0.25, -0.2) is 9.13 Å². The van der Waals surface area contributed by atoms with Crippen LogP contribution >= 0.6 is 0 Å². The van der Waals surface area contributed by atoms with Crippen LogP contribution in [0, 0.1) is 0 Å². The summed E-state index contributed by atoms with van der Waals surface area (Å²) in [5.74, 6) is 0.808. The van der Waals surface area contributed by atoms with Gasteiger partial charge >= 0.3 is 5.95 Å². The molecule has 0 spiro atoms. The summed E-state index contributed by atoms with van der Waals surface area (Å²) in [6.45, 7) is 4.71. The summed E-state index contributed by atoms with van der Waals surface area (Å²) in [5.41, 5.74) is 2.01. The Bertz CT molecular complexity index is 605. The topological polar surface area (TPSA) is 36.8 Å². The Hall–Kier alpha value is -2.43. The smallest absolute Gasteiger partial charge is 0.374 e. The highest BCUT2D eigenvalue weighted by Crippen LogP contribution is 2.20. The highest BCUT2D eigenvalue weighted by molar-refractivity contribution is 5.52. The number of azo groups is 1. The molecule has 0 radical (unpaired) electrons. The van der Waals surface area contributed by atoms with Gasteiger partial charge in [0.15, 0.2) is 0 Å². The third-order valence-corrected chi connectivity index (χ3v) is 3.36. The molecule has 0 aliphatic carbocycles. The summed E-state index contributed by atoms with van der Waals surface area (Å²) < 4.78 is 3.86. The number of hydrogen-bond acceptors (Lipinski definition) is 3. The van der Waals surface area contributed by atoms with Crippen LogP contribution in [0.3, 0.4) is 0 Å². The van der Waals surface area contributed by atoms with E-state index in [9.17, 15) is 0 Å². The summed E-state index contributed by atoms with van der Waals surface area (Å²) in [6, 6.07) is 8.07. The number of benzene rings is 1. The molecule has 0 unspecified atom stereocenters. The zero-order valence-electron chi connectivity index (χ0n) is 12.9. The fourth-order valence-electron chi connectivity index (χ4n) is 2.01. The first-order valence-corrected chi connectivity index (χ1v) is 6.96. The zero-order chi connectivity index (χ0) is 15.2. The van der Waals surface area contributed by atoms with E-state index in [2.05, 4.69) is 40.9 Å². The van der Waals surface area contributed by atoms with Crippen LogP contribution in [-0.4, -0.2) is 18.2 Å². The van der Waals surface area contributed by atoms with Gasteiger partial charge in [-0.1, -0.05) is 11.2 Å². The Morgan fingerprint density at radius 2 is 2.00 bits per heavy atom. The molecule has 0 atom stereocenters. The van der Waals surface area contributed by atoms with Crippen LogP contribution in [0.4, 0.5) is 17.3 Å². The second kappa shape index (κ2) is 6.83. The van der Waals surface area contributed by atoms with E-state index in [0.29, 0.717) is 0 Å². The lowest BCUT2D eigenvalue weighted by Gasteiger charge is -2.18. The van der Waals surface area contributed by atoms with Crippen molar-refractivity contribution in [3.63, 3.8) is 0 Å². The van der Waals surface area contributed by atoms with E-state index in [1.165, 1.54) is 5.69 Å². The van der Waals surface area contributed by atoms with Crippen molar-refractivity contribution in [2.24, 2.45) is 24.3 Å². The highest BCUT2D eigenvalue weighted by atomic mass is 15.3. The molecule has 0 aliphatic heterocycles. The van der Waals surface area contributed by atoms with Crippen LogP contribution in [0.15, 0.2) is 59.5 Å². The minimum absolute atomic E-state index is 0.808. The van der Waals surface area contributed by atoms with Crippen LogP contribution in [0.5, 0.6) is 0 Å². The number of aromatic nitrogens is 2. The van der Waals surface area contributed by atoms with Crippen LogP contribution in [0.2, 0.25) is 0 Å². The van der Waals surface area contributed by atoms with E-state index in [1.807, 2.05) is 53.8 Å². The van der Waals surface area contributed by atoms with Gasteiger partial charge in [-0.15, -0.1) is 6.58 Å². The quantitative estimate of drug-likeness (QED) is 0.455. The molecule has 2 rings (SSSR count). The predicted molar refractivity (Wildman–Crippen MR) is 85.3 cm³/mol. The van der Waals surface area contributed by atoms with Crippen LogP contribution in [0.25, 0.3) is 0 Å². The van der Waals surface area contributed by atoms with E-state index < -0.39 is 0 Å². The zero-order valence-corrected chi connectivity index (χ0v) is 12.9. The van der Waals surface area contributed by atoms with Crippen molar-refractivity contribution in [3.8, 4) is 0 Å². The van der Waals surface area contributed by atoms with E-state index in [0.717, 1.165) is 24.6 Å². The maximum Gasteiger partial charge on any atom is 0.421 e. The maximum atomic E-state index is 4.28. The summed E-state index contributed by atoms with van der Waals surface area (Å²) in [5, 5.41) is 8.57. The van der Waals surface area contributed by atoms with Crippen molar-refractivity contribution in [1.29, 1.82) is 0 Å². The Kier molecular flexibility index (Phi) is 4.87. The van der Waals surface area contributed by atoms with Crippen molar-refractivity contribution in [1.82, 2.24) is 4.57 Å². The summed E-state index contributed by atoms with van der Waals surface area (Å²) in [4.78, 5) is 2.19. The average molecular weight is 284 g/mol. The van der Waals surface area contributed by atoms with Gasteiger partial charge in [0, 0.05) is 24.4 Å². The van der Waals surface area contributed by atoms with Gasteiger partial charge in [0.1, 0.15) is 5.69 Å². The van der Waals surface area contributed by atoms with Gasteiger partial charge in [0.2, 0.25) is 0 Å². The molecule has 0 N–H and O–H groups in total. The van der Waals surface area contributed by atoms with Crippen LogP contribution in [-0.2, 0) is 14.1 Å². The third-order valence-electron chi connectivity index (χ3n) is 3.36. The Morgan fingerprint density at radius 3 is 2.57 bits per heavy atom. The van der Waals surface area contributed by atoms with Crippen LogP contribution in [0.1, 0.15) is 6.42 Å². The molecule has 0 amide bonds. The van der Waals surface area contributed by atoms with E-state index in [1.54, 1.807) is 0 Å². The van der Waals surface area contributed by atoms with Crippen molar-refractivity contribution < 1.29 is 4.57 Å². The van der Waals surface area contributed by atoms with Crippen LogP contribution < -0.4 is 9.47 Å². The van der Waals surface area contributed by atoms with Gasteiger partial charge in [-0.05, 0) is 30.7 Å². The molecule has 1 aromatic carbocycles. The SMILES string of the molecule is C=CCCN(C)c1ccc(N=Nc2n(C)cc[n+]2C)cc1. The number of imidazole rings is 1. The number of aryl methyl sites for hydroxylation is 2. The normalized spacial score (nSPS) is 11.0. The molecule has 5 heteroatoms. The fourth-order valence-corrected chi connectivity index (χ4v) is 2.01. The van der Waals surface area contributed by atoms with Crippen molar-refractivity contribution in [2.45, 2.75) is 6.42 Å². The fraction of sp³-hybridized carbons (Fsp3) is 0.312. The molecular weight excluding hydrogens is 262 g/mol. The molecule has 0 bridgehead atoms. The molecule has 2 aromatic rings. The monoisotopic (exact) mass is 284 g/mol. The molecule has 0 aliphatic rings. The highest BCUT2D eigenvalue weighted by Gasteiger charge is 2.10. The molecule has 110 valence electrons. The van der Waals surface area contributed by atoms with Crippen molar-refractivity contribution in [3.05, 3.63) is 49.3 Å². The second-order valence-electron chi connectivity index (χ2n) is 5.04. The van der Waals surface area contributed by atoms with Gasteiger partial charge in [-0.2, -0.15) is 0 Å². The molecule has 1 aromatic heterocycles. The summed E-state index contributed by atoms with van der Waals surface area (Å²) >= 11 is 0. The van der Waals surface area contributed by atoms with Gasteiger partial charge in [0.05, 0.1) is 26.5 Å². The molecule has 5 nitrogen and oxygen atoms in total. The van der Waals surface area contributed by atoms with E-state index >= 15 is 0 Å². The minimum atomic E-state index is 0.808. The standard InChI is InChI=1S/C16H22N5/c1-5-6-11-19(2)15-9-7-14(8-10-15)17-18-16-20(3)12-13-21(16)4/h5,7-10,12-13H,1,6,11H2,2-4H3/q+1. The molecule has 21 heavy (non-hydrogen) atoms. The first-order valence-electron chi connectivity index (χ1n) is 6.96. The number of rotatable bonds is 6. The Labute approximate surface area is 125 Å². The van der Waals surface area contributed by atoms with E-state index in [-0.39, 0.29) is 0 Å².